The quantitative estimate of drug-likeness (QED) is 0.507. The van der Waals surface area contributed by atoms with Crippen LogP contribution < -0.4 is 0 Å². The Bertz CT molecular complexity index is 807. The molecule has 0 spiro atoms. The summed E-state index contributed by atoms with van der Waals surface area (Å²) < 4.78 is 189. The number of hydrogen-bond acceptors (Lipinski definition) is 1. The number of alkyl halides is 14. The molecule has 15 heteroatoms. The largest absolute Gasteiger partial charge is 0.416 e. The van der Waals surface area contributed by atoms with Crippen molar-refractivity contribution in [3.8, 4) is 0 Å². The van der Waals surface area contributed by atoms with Crippen molar-refractivity contribution >= 4 is 0 Å². The van der Waals surface area contributed by atoms with Crippen LogP contribution in [0.25, 0.3) is 0 Å². The fourth-order valence-electron chi connectivity index (χ4n) is 3.10. The lowest BCUT2D eigenvalue weighted by Gasteiger charge is -2.53. The van der Waals surface area contributed by atoms with Crippen LogP contribution in [-0.2, 0) is 11.8 Å². The monoisotopic (exact) mass is 484 g/mol. The van der Waals surface area contributed by atoms with Gasteiger partial charge in [0.05, 0.1) is 11.2 Å². The molecule has 2 rings (SSSR count). The zero-order valence-electron chi connectivity index (χ0n) is 14.8. The maximum Gasteiger partial charge on any atom is 0.416 e. The second-order valence-corrected chi connectivity index (χ2v) is 7.20. The third kappa shape index (κ3) is 3.01. The van der Waals surface area contributed by atoms with E-state index in [9.17, 15) is 66.6 Å². The van der Waals surface area contributed by atoms with Crippen molar-refractivity contribution in [3.63, 3.8) is 0 Å². The molecule has 0 saturated heterocycles. The minimum absolute atomic E-state index is 0.156. The topological polar surface area (TPSA) is 20.2 Å². The van der Waals surface area contributed by atoms with Gasteiger partial charge in [-0.05, 0) is 24.6 Å². The van der Waals surface area contributed by atoms with E-state index >= 15 is 0 Å². The van der Waals surface area contributed by atoms with E-state index in [2.05, 4.69) is 0 Å². The van der Waals surface area contributed by atoms with E-state index in [0.717, 1.165) is 0 Å². The maximum absolute atomic E-state index is 14.8. The Hall–Kier alpha value is -1.80. The molecule has 1 fully saturated rings. The third-order valence-corrected chi connectivity index (χ3v) is 4.99. The lowest BCUT2D eigenvalue weighted by atomic mass is 9.67. The van der Waals surface area contributed by atoms with E-state index in [-0.39, 0.29) is 31.2 Å². The molecule has 1 aromatic carbocycles. The van der Waals surface area contributed by atoms with Crippen LogP contribution in [0.1, 0.15) is 24.5 Å². The predicted octanol–water partition coefficient (Wildman–Crippen LogP) is 6.20. The fourth-order valence-corrected chi connectivity index (χ4v) is 3.10. The minimum atomic E-state index is -7.40. The number of hydrogen-bond donors (Lipinski definition) is 1. The van der Waals surface area contributed by atoms with Crippen molar-refractivity contribution in [2.75, 3.05) is 0 Å². The Balaban J connectivity index is 2.64. The lowest BCUT2D eigenvalue weighted by molar-refractivity contribution is -0.488. The highest BCUT2D eigenvalue weighted by Gasteiger charge is 3.01. The molecule has 1 aromatic rings. The molecule has 1 aliphatic carbocycles. The smallest absolute Gasteiger partial charge is 0.385 e. The average molecular weight is 484 g/mol. The van der Waals surface area contributed by atoms with Gasteiger partial charge in [0, 0.05) is 6.42 Å². The van der Waals surface area contributed by atoms with Crippen LogP contribution in [0.4, 0.5) is 61.5 Å². The number of rotatable bonds is 3. The molecule has 0 amide bonds. The van der Waals surface area contributed by atoms with Crippen LogP contribution in [0.2, 0.25) is 0 Å². The second kappa shape index (κ2) is 6.38. The Morgan fingerprint density at radius 2 is 0.903 bits per heavy atom. The number of halogens is 14. The van der Waals surface area contributed by atoms with Gasteiger partial charge < -0.3 is 5.11 Å². The minimum Gasteiger partial charge on any atom is -0.385 e. The molecule has 1 atom stereocenters. The highest BCUT2D eigenvalue weighted by atomic mass is 19.4. The van der Waals surface area contributed by atoms with Crippen LogP contribution in [0.5, 0.6) is 0 Å². The SMILES string of the molecule is CC(O)(CC1(F)C(F)(F)C(F)(F)C(F)(F)C(F)(F)C1(F)F)c1ccc(C(F)(F)F)cc1. The molecule has 1 saturated carbocycles. The van der Waals surface area contributed by atoms with Crippen LogP contribution in [-0.4, -0.2) is 40.4 Å². The molecule has 0 aliphatic heterocycles. The van der Waals surface area contributed by atoms with Gasteiger partial charge in [-0.3, -0.25) is 0 Å². The average Bonchev–Trinajstić information content (AvgIpc) is 2.58. The van der Waals surface area contributed by atoms with Gasteiger partial charge in [-0.1, -0.05) is 12.1 Å². The summed E-state index contributed by atoms with van der Waals surface area (Å²) in [6.45, 7) is 0.159. The molecule has 1 aliphatic rings. The summed E-state index contributed by atoms with van der Waals surface area (Å²) in [7, 11) is 0. The molecule has 0 aromatic heterocycles. The summed E-state index contributed by atoms with van der Waals surface area (Å²) in [4.78, 5) is 0. The molecular weight excluding hydrogens is 474 g/mol. The van der Waals surface area contributed by atoms with Crippen molar-refractivity contribution in [2.45, 2.75) is 60.4 Å². The molecule has 1 unspecified atom stereocenters. The number of aliphatic hydroxyl groups is 1. The van der Waals surface area contributed by atoms with Gasteiger partial charge in [0.1, 0.15) is 0 Å². The first kappa shape index (κ1) is 25.5. The first-order chi connectivity index (χ1) is 13.4. The van der Waals surface area contributed by atoms with Crippen LogP contribution in [0.15, 0.2) is 24.3 Å². The molecule has 0 bridgehead atoms. The summed E-state index contributed by atoms with van der Waals surface area (Å²) in [5.41, 5.74) is -12.5. The molecular formula is C16H10F14O. The van der Waals surface area contributed by atoms with Gasteiger partial charge in [0.2, 0.25) is 0 Å². The summed E-state index contributed by atoms with van der Waals surface area (Å²) in [5, 5.41) is 10.1. The van der Waals surface area contributed by atoms with Gasteiger partial charge in [0.25, 0.3) is 5.67 Å². The highest BCUT2D eigenvalue weighted by Crippen LogP contribution is 2.71. The van der Waals surface area contributed by atoms with Gasteiger partial charge in [-0.15, -0.1) is 0 Å². The van der Waals surface area contributed by atoms with Crippen molar-refractivity contribution < 1.29 is 66.6 Å². The summed E-state index contributed by atoms with van der Waals surface area (Å²) in [6, 6.07) is 0.804. The summed E-state index contributed by atoms with van der Waals surface area (Å²) in [6.07, 6.45) is -7.99. The van der Waals surface area contributed by atoms with Crippen molar-refractivity contribution in [3.05, 3.63) is 35.4 Å². The third-order valence-electron chi connectivity index (χ3n) is 4.99. The van der Waals surface area contributed by atoms with E-state index < -0.39 is 64.6 Å². The first-order valence-electron chi connectivity index (χ1n) is 7.90. The van der Waals surface area contributed by atoms with Gasteiger partial charge in [0.15, 0.2) is 0 Å². The maximum atomic E-state index is 14.8. The Labute approximate surface area is 163 Å². The Kier molecular flexibility index (Phi) is 5.24. The molecule has 1 nitrogen and oxygen atoms in total. The Morgan fingerprint density at radius 3 is 1.23 bits per heavy atom. The standard InChI is InChI=1S/C16H10F14O/c1-9(31,7-2-4-8(5-3-7)11(18,19)20)6-10(17)12(21,22)14(25,26)16(29,30)15(27,28)13(10,23)24/h2-5,31H,6H2,1H3. The van der Waals surface area contributed by atoms with Crippen LogP contribution >= 0.6 is 0 Å². The van der Waals surface area contributed by atoms with E-state index in [1.165, 1.54) is 0 Å². The van der Waals surface area contributed by atoms with E-state index in [0.29, 0.717) is 0 Å². The predicted molar refractivity (Wildman–Crippen MR) is 74.2 cm³/mol. The lowest BCUT2D eigenvalue weighted by Crippen LogP contribution is -2.84. The summed E-state index contributed by atoms with van der Waals surface area (Å²) in [5.74, 6) is -36.4. The van der Waals surface area contributed by atoms with Crippen molar-refractivity contribution in [2.24, 2.45) is 0 Å². The molecule has 0 radical (unpaired) electrons. The van der Waals surface area contributed by atoms with Crippen LogP contribution in [0, 0.1) is 0 Å². The highest BCUT2D eigenvalue weighted by molar-refractivity contribution is 5.32. The fraction of sp³-hybridized carbons (Fsp3) is 0.625. The van der Waals surface area contributed by atoms with E-state index in [4.69, 9.17) is 0 Å². The number of benzene rings is 1. The zero-order chi connectivity index (χ0) is 24.7. The van der Waals surface area contributed by atoms with Crippen molar-refractivity contribution in [1.29, 1.82) is 0 Å². The normalized spacial score (nSPS) is 27.4. The van der Waals surface area contributed by atoms with Gasteiger partial charge in [-0.25, -0.2) is 4.39 Å². The van der Waals surface area contributed by atoms with Gasteiger partial charge in [-0.2, -0.15) is 57.1 Å². The molecule has 0 heterocycles. The molecule has 31 heavy (non-hydrogen) atoms. The molecule has 178 valence electrons. The second-order valence-electron chi connectivity index (χ2n) is 7.20. The summed E-state index contributed by atoms with van der Waals surface area (Å²) >= 11 is 0. The molecule has 1 N–H and O–H groups in total. The zero-order valence-corrected chi connectivity index (χ0v) is 14.8. The van der Waals surface area contributed by atoms with E-state index in [1.807, 2.05) is 0 Å². The Morgan fingerprint density at radius 1 is 0.613 bits per heavy atom. The van der Waals surface area contributed by atoms with E-state index in [1.54, 1.807) is 0 Å². The van der Waals surface area contributed by atoms with Gasteiger partial charge >= 0.3 is 35.8 Å². The first-order valence-corrected chi connectivity index (χ1v) is 7.90. The van der Waals surface area contributed by atoms with Crippen molar-refractivity contribution in [1.82, 2.24) is 0 Å². The van der Waals surface area contributed by atoms with Crippen LogP contribution in [0.3, 0.4) is 0 Å².